The van der Waals surface area contributed by atoms with Gasteiger partial charge in [0.2, 0.25) is 0 Å². The van der Waals surface area contributed by atoms with Crippen molar-refractivity contribution in [3.8, 4) is 0 Å². The quantitative estimate of drug-likeness (QED) is 0.802. The summed E-state index contributed by atoms with van der Waals surface area (Å²) in [4.78, 5) is 13.3. The van der Waals surface area contributed by atoms with Gasteiger partial charge in [-0.05, 0) is 38.5 Å². The molecule has 0 aromatic heterocycles. The Morgan fingerprint density at radius 2 is 1.71 bits per heavy atom. The predicted molar refractivity (Wildman–Crippen MR) is 68.0 cm³/mol. The van der Waals surface area contributed by atoms with E-state index in [9.17, 15) is 4.79 Å². The van der Waals surface area contributed by atoms with Gasteiger partial charge in [-0.1, -0.05) is 25.7 Å². The molecule has 0 aromatic carbocycles. The SMILES string of the molecule is CC(C1CCCC1)N(CC(=O)O)C1CCCC1. The number of aliphatic carboxylic acids is 1. The minimum Gasteiger partial charge on any atom is -0.480 e. The number of rotatable bonds is 5. The van der Waals surface area contributed by atoms with Crippen LogP contribution >= 0.6 is 0 Å². The predicted octanol–water partition coefficient (Wildman–Crippen LogP) is 2.89. The second-order valence-corrected chi connectivity index (χ2v) is 5.79. The summed E-state index contributed by atoms with van der Waals surface area (Å²) in [6.07, 6.45) is 10.2. The molecule has 2 saturated carbocycles. The molecule has 2 aliphatic carbocycles. The summed E-state index contributed by atoms with van der Waals surface area (Å²) in [6, 6.07) is 0.985. The topological polar surface area (TPSA) is 40.5 Å². The Hall–Kier alpha value is -0.570. The van der Waals surface area contributed by atoms with E-state index in [0.29, 0.717) is 12.1 Å². The Balaban J connectivity index is 1.99. The summed E-state index contributed by atoms with van der Waals surface area (Å²) in [6.45, 7) is 2.49. The fourth-order valence-corrected chi connectivity index (χ4v) is 3.71. The number of carbonyl (C=O) groups is 1. The first-order chi connectivity index (χ1) is 8.18. The van der Waals surface area contributed by atoms with Crippen molar-refractivity contribution in [1.82, 2.24) is 4.90 Å². The van der Waals surface area contributed by atoms with Gasteiger partial charge in [0.15, 0.2) is 0 Å². The summed E-state index contributed by atoms with van der Waals surface area (Å²) in [7, 11) is 0. The molecule has 0 spiro atoms. The van der Waals surface area contributed by atoms with Gasteiger partial charge in [0.05, 0.1) is 6.54 Å². The zero-order chi connectivity index (χ0) is 12.3. The fraction of sp³-hybridized carbons (Fsp3) is 0.929. The van der Waals surface area contributed by atoms with Crippen molar-refractivity contribution in [3.05, 3.63) is 0 Å². The van der Waals surface area contributed by atoms with Gasteiger partial charge in [-0.3, -0.25) is 9.69 Å². The summed E-state index contributed by atoms with van der Waals surface area (Å²) < 4.78 is 0. The van der Waals surface area contributed by atoms with E-state index in [1.807, 2.05) is 0 Å². The van der Waals surface area contributed by atoms with Crippen molar-refractivity contribution in [2.24, 2.45) is 5.92 Å². The molecule has 1 N–H and O–H groups in total. The smallest absolute Gasteiger partial charge is 0.317 e. The van der Waals surface area contributed by atoms with E-state index >= 15 is 0 Å². The maximum absolute atomic E-state index is 11.0. The molecular weight excluding hydrogens is 214 g/mol. The second-order valence-electron chi connectivity index (χ2n) is 5.79. The Kier molecular flexibility index (Phi) is 4.43. The average molecular weight is 239 g/mol. The third kappa shape index (κ3) is 3.21. The number of carboxylic acids is 1. The highest BCUT2D eigenvalue weighted by molar-refractivity contribution is 5.69. The standard InChI is InChI=1S/C14H25NO2/c1-11(12-6-2-3-7-12)15(10-14(16)17)13-8-4-5-9-13/h11-13H,2-10H2,1H3,(H,16,17). The highest BCUT2D eigenvalue weighted by Gasteiger charge is 2.33. The van der Waals surface area contributed by atoms with E-state index in [4.69, 9.17) is 5.11 Å². The molecule has 0 bridgehead atoms. The van der Waals surface area contributed by atoms with Crippen molar-refractivity contribution < 1.29 is 9.90 Å². The maximum atomic E-state index is 11.0. The van der Waals surface area contributed by atoms with E-state index in [2.05, 4.69) is 11.8 Å². The zero-order valence-electron chi connectivity index (χ0n) is 10.9. The largest absolute Gasteiger partial charge is 0.480 e. The van der Waals surface area contributed by atoms with Crippen LogP contribution in [0.4, 0.5) is 0 Å². The van der Waals surface area contributed by atoms with Crippen LogP contribution in [0, 0.1) is 5.92 Å². The molecule has 0 radical (unpaired) electrons. The first-order valence-electron chi connectivity index (χ1n) is 7.16. The van der Waals surface area contributed by atoms with Gasteiger partial charge in [-0.15, -0.1) is 0 Å². The van der Waals surface area contributed by atoms with Crippen LogP contribution in [0.3, 0.4) is 0 Å². The van der Waals surface area contributed by atoms with Crippen molar-refractivity contribution in [1.29, 1.82) is 0 Å². The van der Waals surface area contributed by atoms with Crippen LogP contribution in [0.2, 0.25) is 0 Å². The van der Waals surface area contributed by atoms with Gasteiger partial charge in [0, 0.05) is 12.1 Å². The van der Waals surface area contributed by atoms with Gasteiger partial charge in [0.25, 0.3) is 0 Å². The lowest BCUT2D eigenvalue weighted by molar-refractivity contribution is -0.140. The van der Waals surface area contributed by atoms with Crippen molar-refractivity contribution >= 4 is 5.97 Å². The van der Waals surface area contributed by atoms with Gasteiger partial charge in [0.1, 0.15) is 0 Å². The monoisotopic (exact) mass is 239 g/mol. The Labute approximate surface area is 104 Å². The first kappa shape index (κ1) is 12.9. The summed E-state index contributed by atoms with van der Waals surface area (Å²) in [5.74, 6) is 0.0664. The molecule has 98 valence electrons. The average Bonchev–Trinajstić information content (AvgIpc) is 2.96. The Bertz CT molecular complexity index is 255. The lowest BCUT2D eigenvalue weighted by Crippen LogP contribution is -2.46. The van der Waals surface area contributed by atoms with E-state index in [1.165, 1.54) is 51.4 Å². The number of nitrogens with zero attached hydrogens (tertiary/aromatic N) is 1. The van der Waals surface area contributed by atoms with Crippen molar-refractivity contribution in [3.63, 3.8) is 0 Å². The van der Waals surface area contributed by atoms with Gasteiger partial charge < -0.3 is 5.11 Å². The number of carboxylic acid groups (broad SMARTS) is 1. The third-order valence-electron chi connectivity index (χ3n) is 4.72. The minimum absolute atomic E-state index is 0.238. The Morgan fingerprint density at radius 3 is 2.24 bits per heavy atom. The molecule has 0 saturated heterocycles. The fourth-order valence-electron chi connectivity index (χ4n) is 3.71. The Morgan fingerprint density at radius 1 is 1.18 bits per heavy atom. The second kappa shape index (κ2) is 5.85. The van der Waals surface area contributed by atoms with Crippen LogP contribution in [0.1, 0.15) is 58.3 Å². The summed E-state index contributed by atoms with van der Waals surface area (Å²) in [5.41, 5.74) is 0. The lowest BCUT2D eigenvalue weighted by atomic mass is 9.96. The lowest BCUT2D eigenvalue weighted by Gasteiger charge is -2.36. The number of hydrogen-bond donors (Lipinski definition) is 1. The first-order valence-corrected chi connectivity index (χ1v) is 7.16. The molecule has 0 heterocycles. The molecule has 0 aromatic rings. The molecule has 0 amide bonds. The van der Waals surface area contributed by atoms with Gasteiger partial charge in [-0.25, -0.2) is 0 Å². The van der Waals surface area contributed by atoms with Crippen molar-refractivity contribution in [2.75, 3.05) is 6.54 Å². The van der Waals surface area contributed by atoms with E-state index < -0.39 is 5.97 Å². The molecule has 3 nitrogen and oxygen atoms in total. The zero-order valence-corrected chi connectivity index (χ0v) is 10.9. The molecule has 2 rings (SSSR count). The number of hydrogen-bond acceptors (Lipinski definition) is 2. The molecule has 1 atom stereocenters. The normalized spacial score (nSPS) is 24.6. The van der Waals surface area contributed by atoms with Crippen LogP contribution in [0.5, 0.6) is 0 Å². The molecule has 0 aliphatic heterocycles. The van der Waals surface area contributed by atoms with E-state index in [-0.39, 0.29) is 6.54 Å². The van der Waals surface area contributed by atoms with Crippen LogP contribution in [-0.4, -0.2) is 34.6 Å². The molecule has 2 fully saturated rings. The van der Waals surface area contributed by atoms with Crippen LogP contribution < -0.4 is 0 Å². The van der Waals surface area contributed by atoms with E-state index in [0.717, 1.165) is 5.92 Å². The molecule has 1 unspecified atom stereocenters. The van der Waals surface area contributed by atoms with Crippen LogP contribution in [0.15, 0.2) is 0 Å². The van der Waals surface area contributed by atoms with Crippen LogP contribution in [0.25, 0.3) is 0 Å². The molecule has 17 heavy (non-hydrogen) atoms. The summed E-state index contributed by atoms with van der Waals surface area (Å²) in [5, 5.41) is 9.09. The summed E-state index contributed by atoms with van der Waals surface area (Å²) >= 11 is 0. The highest BCUT2D eigenvalue weighted by atomic mass is 16.4. The maximum Gasteiger partial charge on any atom is 0.317 e. The highest BCUT2D eigenvalue weighted by Crippen LogP contribution is 2.33. The third-order valence-corrected chi connectivity index (χ3v) is 4.72. The molecule has 3 heteroatoms. The minimum atomic E-state index is -0.665. The van der Waals surface area contributed by atoms with Crippen molar-refractivity contribution in [2.45, 2.75) is 70.4 Å². The van der Waals surface area contributed by atoms with Crippen LogP contribution in [-0.2, 0) is 4.79 Å². The van der Waals surface area contributed by atoms with Gasteiger partial charge >= 0.3 is 5.97 Å². The van der Waals surface area contributed by atoms with E-state index in [1.54, 1.807) is 0 Å². The van der Waals surface area contributed by atoms with Gasteiger partial charge in [-0.2, -0.15) is 0 Å². The molecule has 2 aliphatic rings. The molecular formula is C14H25NO2.